The summed E-state index contributed by atoms with van der Waals surface area (Å²) in [6.45, 7) is -0.654. The molecule has 1 atom stereocenters. The Labute approximate surface area is 262 Å². The van der Waals surface area contributed by atoms with Crippen LogP contribution >= 0.6 is 15.9 Å². The molecule has 1 aliphatic rings. The van der Waals surface area contributed by atoms with Gasteiger partial charge in [0.25, 0.3) is 0 Å². The number of benzene rings is 3. The van der Waals surface area contributed by atoms with E-state index in [0.717, 1.165) is 62.4 Å². The van der Waals surface area contributed by atoms with E-state index in [0.29, 0.717) is 0 Å². The van der Waals surface area contributed by atoms with E-state index in [1.54, 1.807) is 0 Å². The second kappa shape index (κ2) is 14.9. The van der Waals surface area contributed by atoms with Crippen molar-refractivity contribution in [1.82, 2.24) is 14.5 Å². The molecule has 0 spiro atoms. The highest BCUT2D eigenvalue weighted by atomic mass is 79.9. The number of anilines is 1. The van der Waals surface area contributed by atoms with Gasteiger partial charge >= 0.3 is 10.2 Å². The summed E-state index contributed by atoms with van der Waals surface area (Å²) in [6.07, 6.45) is 5.12. The molecule has 8 nitrogen and oxygen atoms in total. The van der Waals surface area contributed by atoms with Crippen molar-refractivity contribution in [2.24, 2.45) is 0 Å². The highest BCUT2D eigenvalue weighted by Gasteiger charge is 2.36. The highest BCUT2D eigenvalue weighted by Crippen LogP contribution is 2.25. The van der Waals surface area contributed by atoms with E-state index < -0.39 is 34.5 Å². The molecule has 0 radical (unpaired) electrons. The van der Waals surface area contributed by atoms with E-state index in [9.17, 15) is 22.4 Å². The largest absolute Gasteiger partial charge is 0.352 e. The Balaban J connectivity index is 1.76. The molecule has 1 aliphatic carbocycles. The van der Waals surface area contributed by atoms with Crippen LogP contribution in [-0.2, 0) is 32.8 Å². The molecule has 0 unspecified atom stereocenters. The van der Waals surface area contributed by atoms with Crippen LogP contribution in [0.5, 0.6) is 0 Å². The number of nitrogens with zero attached hydrogens (tertiary/aromatic N) is 3. The van der Waals surface area contributed by atoms with Gasteiger partial charge in [0.05, 0.1) is 5.69 Å². The van der Waals surface area contributed by atoms with Crippen LogP contribution in [-0.4, -0.2) is 62.2 Å². The van der Waals surface area contributed by atoms with Crippen LogP contribution < -0.4 is 9.62 Å². The van der Waals surface area contributed by atoms with Gasteiger partial charge in [-0.2, -0.15) is 12.7 Å². The Morgan fingerprint density at radius 3 is 2.23 bits per heavy atom. The fraction of sp³-hybridized carbons (Fsp3) is 0.375. The Kier molecular flexibility index (Phi) is 11.3. The van der Waals surface area contributed by atoms with E-state index in [2.05, 4.69) is 21.2 Å². The lowest BCUT2D eigenvalue weighted by atomic mass is 9.94. The first-order valence-electron chi connectivity index (χ1n) is 14.4. The molecule has 0 heterocycles. The van der Waals surface area contributed by atoms with Gasteiger partial charge in [-0.3, -0.25) is 9.59 Å². The van der Waals surface area contributed by atoms with Crippen molar-refractivity contribution in [3.63, 3.8) is 0 Å². The molecular weight excluding hydrogens is 635 g/mol. The predicted molar refractivity (Wildman–Crippen MR) is 170 cm³/mol. The minimum absolute atomic E-state index is 0.00590. The summed E-state index contributed by atoms with van der Waals surface area (Å²) >= 11 is 3.48. The van der Waals surface area contributed by atoms with Crippen LogP contribution in [0.3, 0.4) is 0 Å². The first-order valence-corrected chi connectivity index (χ1v) is 16.6. The Morgan fingerprint density at radius 2 is 1.58 bits per heavy atom. The van der Waals surface area contributed by atoms with Gasteiger partial charge in [-0.1, -0.05) is 89.8 Å². The van der Waals surface area contributed by atoms with Crippen molar-refractivity contribution >= 4 is 43.6 Å². The zero-order valence-electron chi connectivity index (χ0n) is 24.5. The fourth-order valence-corrected chi connectivity index (χ4v) is 6.80. The van der Waals surface area contributed by atoms with E-state index in [4.69, 9.17) is 0 Å². The number of hydrogen-bond acceptors (Lipinski definition) is 4. The number of amides is 2. The van der Waals surface area contributed by atoms with Crippen molar-refractivity contribution in [1.29, 1.82) is 0 Å². The quantitative estimate of drug-likeness (QED) is 0.283. The van der Waals surface area contributed by atoms with E-state index in [1.165, 1.54) is 37.2 Å². The molecule has 3 aromatic carbocycles. The summed E-state index contributed by atoms with van der Waals surface area (Å²) in [6, 6.07) is 21.3. The molecule has 2 amide bonds. The topological polar surface area (TPSA) is 90.0 Å². The minimum Gasteiger partial charge on any atom is -0.352 e. The van der Waals surface area contributed by atoms with Gasteiger partial charge in [0.2, 0.25) is 11.8 Å². The highest BCUT2D eigenvalue weighted by molar-refractivity contribution is 9.10. The summed E-state index contributed by atoms with van der Waals surface area (Å²) in [5.74, 6) is -1.71. The molecular formula is C32H38BrFN4O4S. The molecule has 1 saturated carbocycles. The third-order valence-corrected chi connectivity index (χ3v) is 9.90. The maximum atomic E-state index is 15.0. The number of nitrogens with one attached hydrogen (secondary N) is 1. The number of carbonyl (C=O) groups excluding carboxylic acids is 2. The number of hydrogen-bond donors (Lipinski definition) is 1. The van der Waals surface area contributed by atoms with Gasteiger partial charge in [0.15, 0.2) is 0 Å². The molecule has 11 heteroatoms. The number of para-hydroxylation sites is 1. The second-order valence-corrected chi connectivity index (χ2v) is 13.9. The number of rotatable bonds is 12. The second-order valence-electron chi connectivity index (χ2n) is 10.9. The van der Waals surface area contributed by atoms with Crippen molar-refractivity contribution < 1.29 is 22.4 Å². The Bertz CT molecular complexity index is 1500. The maximum Gasteiger partial charge on any atom is 0.304 e. The van der Waals surface area contributed by atoms with Crippen LogP contribution in [0.2, 0.25) is 0 Å². The van der Waals surface area contributed by atoms with Gasteiger partial charge in [0.1, 0.15) is 18.4 Å². The third kappa shape index (κ3) is 8.64. The maximum absolute atomic E-state index is 15.0. The molecule has 43 heavy (non-hydrogen) atoms. The lowest BCUT2D eigenvalue weighted by Gasteiger charge is -2.35. The van der Waals surface area contributed by atoms with Crippen LogP contribution in [0.1, 0.15) is 43.2 Å². The molecule has 1 fully saturated rings. The third-order valence-electron chi connectivity index (χ3n) is 7.60. The Morgan fingerprint density at radius 1 is 0.930 bits per heavy atom. The van der Waals surface area contributed by atoms with Gasteiger partial charge in [-0.15, -0.1) is 0 Å². The Hall–Kier alpha value is -3.28. The lowest BCUT2D eigenvalue weighted by molar-refractivity contribution is -0.140. The van der Waals surface area contributed by atoms with Crippen LogP contribution in [0.25, 0.3) is 0 Å². The molecule has 230 valence electrons. The summed E-state index contributed by atoms with van der Waals surface area (Å²) in [5.41, 5.74) is 1.35. The van der Waals surface area contributed by atoms with Crippen molar-refractivity contribution in [3.8, 4) is 0 Å². The van der Waals surface area contributed by atoms with Gasteiger partial charge in [-0.25, -0.2) is 8.70 Å². The summed E-state index contributed by atoms with van der Waals surface area (Å²) < 4.78 is 44.3. The zero-order chi connectivity index (χ0) is 31.0. The van der Waals surface area contributed by atoms with Gasteiger partial charge in [-0.05, 0) is 48.2 Å². The van der Waals surface area contributed by atoms with Crippen molar-refractivity contribution in [2.75, 3.05) is 24.9 Å². The smallest absolute Gasteiger partial charge is 0.304 e. The molecule has 0 bridgehead atoms. The molecule has 3 aromatic rings. The molecule has 4 rings (SSSR count). The molecule has 0 saturated heterocycles. The number of halogens is 2. The summed E-state index contributed by atoms with van der Waals surface area (Å²) in [4.78, 5) is 29.8. The van der Waals surface area contributed by atoms with Crippen molar-refractivity contribution in [3.05, 3.63) is 100 Å². The first kappa shape index (κ1) is 32.6. The molecule has 0 aliphatic heterocycles. The van der Waals surface area contributed by atoms with Crippen molar-refractivity contribution in [2.45, 2.75) is 57.2 Å². The van der Waals surface area contributed by atoms with E-state index >= 15 is 0 Å². The average molecular weight is 674 g/mol. The van der Waals surface area contributed by atoms with Crippen LogP contribution in [0, 0.1) is 5.82 Å². The first-order chi connectivity index (χ1) is 20.6. The molecule has 0 aromatic heterocycles. The summed E-state index contributed by atoms with van der Waals surface area (Å²) in [7, 11) is -1.63. The number of carbonyl (C=O) groups is 2. The van der Waals surface area contributed by atoms with Gasteiger partial charge < -0.3 is 10.2 Å². The van der Waals surface area contributed by atoms with E-state index in [1.807, 2.05) is 54.6 Å². The lowest BCUT2D eigenvalue weighted by Crippen LogP contribution is -2.55. The molecule has 1 N–H and O–H groups in total. The fourth-order valence-electron chi connectivity index (χ4n) is 5.29. The SMILES string of the molecule is CN(C)S(=O)(=O)N(CC(=O)N(Cc1cccc(Br)c1)[C@@H](Cc1ccccc1)C(=O)NC1CCCCC1)c1ccccc1F. The predicted octanol–water partition coefficient (Wildman–Crippen LogP) is 5.29. The zero-order valence-corrected chi connectivity index (χ0v) is 26.9. The summed E-state index contributed by atoms with van der Waals surface area (Å²) in [5, 5.41) is 3.17. The van der Waals surface area contributed by atoms with Gasteiger partial charge in [0, 0.05) is 37.6 Å². The monoisotopic (exact) mass is 672 g/mol. The van der Waals surface area contributed by atoms with Crippen LogP contribution in [0.4, 0.5) is 10.1 Å². The standard InChI is InChI=1S/C32H38BrFN4O4S/c1-36(2)43(41,42)38(29-19-10-9-18-28(29)34)23-31(39)37(22-25-14-11-15-26(33)20-25)30(21-24-12-5-3-6-13-24)32(40)35-27-16-7-4-8-17-27/h3,5-6,9-15,18-20,27,30H,4,7-8,16-17,21-23H2,1-2H3,(H,35,40)/t30-/m0/s1. The normalized spacial score (nSPS) is 14.7. The average Bonchev–Trinajstić information content (AvgIpc) is 2.99. The van der Waals surface area contributed by atoms with Crippen LogP contribution in [0.15, 0.2) is 83.3 Å². The minimum atomic E-state index is -4.28. The van der Waals surface area contributed by atoms with E-state index in [-0.39, 0.29) is 30.6 Å².